The molecule has 0 spiro atoms. The number of nitrogens with one attached hydrogen (secondary N) is 1. The van der Waals surface area contributed by atoms with Gasteiger partial charge in [0.05, 0.1) is 0 Å². The molecule has 1 heterocycles. The van der Waals surface area contributed by atoms with Gasteiger partial charge in [0.25, 0.3) is 5.56 Å². The van der Waals surface area contributed by atoms with Gasteiger partial charge in [-0.1, -0.05) is 30.9 Å². The fraction of sp³-hybridized carbons (Fsp3) is 0.667. The minimum Gasteiger partial charge on any atom is -0.297 e. The van der Waals surface area contributed by atoms with Crippen LogP contribution in [0.1, 0.15) is 37.7 Å². The summed E-state index contributed by atoms with van der Waals surface area (Å²) in [5.41, 5.74) is -0.234. The molecule has 1 N–H and O–H groups in total. The highest BCUT2D eigenvalue weighted by Gasteiger charge is 2.17. The van der Waals surface area contributed by atoms with Gasteiger partial charge in [0, 0.05) is 12.1 Å². The van der Waals surface area contributed by atoms with E-state index in [0.29, 0.717) is 18.0 Å². The van der Waals surface area contributed by atoms with Crippen molar-refractivity contribution < 1.29 is 0 Å². The van der Waals surface area contributed by atoms with Gasteiger partial charge in [0.1, 0.15) is 5.15 Å². The zero-order valence-electron chi connectivity index (χ0n) is 9.96. The minimum atomic E-state index is -0.392. The van der Waals surface area contributed by atoms with E-state index in [4.69, 9.17) is 11.6 Å². The second-order valence-corrected chi connectivity index (χ2v) is 5.17. The Morgan fingerprint density at radius 3 is 2.59 bits per heavy atom. The molecule has 0 radical (unpaired) electrons. The van der Waals surface area contributed by atoms with Crippen LogP contribution in [0.4, 0.5) is 0 Å². The highest BCUT2D eigenvalue weighted by Crippen LogP contribution is 2.24. The third-order valence-corrected chi connectivity index (χ3v) is 3.90. The smallest absolute Gasteiger partial charge is 0.297 e. The van der Waals surface area contributed by atoms with Crippen molar-refractivity contribution in [2.24, 2.45) is 5.92 Å². The Kier molecular flexibility index (Phi) is 3.72. The molecule has 0 aromatic carbocycles. The molecule has 1 aromatic heterocycles. The highest BCUT2D eigenvalue weighted by atomic mass is 35.5. The molecule has 0 aliphatic heterocycles. The summed E-state index contributed by atoms with van der Waals surface area (Å²) in [6, 6.07) is 0. The largest absolute Gasteiger partial charge is 0.329 e. The van der Waals surface area contributed by atoms with Gasteiger partial charge >= 0.3 is 5.69 Å². The molecule has 1 fully saturated rings. The molecular formula is C12H17ClN2O2. The maximum Gasteiger partial charge on any atom is 0.329 e. The molecule has 94 valence electrons. The average molecular weight is 257 g/mol. The van der Waals surface area contributed by atoms with E-state index in [9.17, 15) is 9.59 Å². The van der Waals surface area contributed by atoms with Crippen LogP contribution in [0.5, 0.6) is 0 Å². The summed E-state index contributed by atoms with van der Waals surface area (Å²) in [5.74, 6) is 0.447. The molecule has 0 amide bonds. The van der Waals surface area contributed by atoms with Gasteiger partial charge in [-0.05, 0) is 25.7 Å². The summed E-state index contributed by atoms with van der Waals surface area (Å²) in [7, 11) is 0. The van der Waals surface area contributed by atoms with Crippen LogP contribution in [0.15, 0.2) is 9.59 Å². The number of hydrogen-bond donors (Lipinski definition) is 1. The van der Waals surface area contributed by atoms with E-state index >= 15 is 0 Å². The van der Waals surface area contributed by atoms with Gasteiger partial charge in [-0.3, -0.25) is 14.3 Å². The fourth-order valence-electron chi connectivity index (χ4n) is 2.44. The molecule has 5 heteroatoms. The summed E-state index contributed by atoms with van der Waals surface area (Å²) in [4.78, 5) is 26.2. The summed E-state index contributed by atoms with van der Waals surface area (Å²) >= 11 is 5.77. The van der Waals surface area contributed by atoms with E-state index in [1.54, 1.807) is 6.92 Å². The number of hydrogen-bond acceptors (Lipinski definition) is 2. The minimum absolute atomic E-state index is 0.153. The van der Waals surface area contributed by atoms with E-state index in [-0.39, 0.29) is 10.7 Å². The highest BCUT2D eigenvalue weighted by molar-refractivity contribution is 6.30. The number of nitrogens with zero attached hydrogens (tertiary/aromatic N) is 1. The van der Waals surface area contributed by atoms with E-state index in [1.165, 1.54) is 23.8 Å². The Hall–Kier alpha value is -1.03. The molecule has 1 aliphatic carbocycles. The predicted octanol–water partition coefficient (Wildman–Crippen LogP) is 2.08. The molecule has 1 aliphatic rings. The third kappa shape index (κ3) is 2.63. The van der Waals surface area contributed by atoms with Crippen LogP contribution >= 0.6 is 11.6 Å². The second-order valence-electron chi connectivity index (χ2n) is 4.79. The van der Waals surface area contributed by atoms with Crippen molar-refractivity contribution >= 4 is 11.6 Å². The van der Waals surface area contributed by atoms with Crippen LogP contribution in [0.3, 0.4) is 0 Å². The Labute approximate surface area is 105 Å². The van der Waals surface area contributed by atoms with Crippen LogP contribution in [-0.4, -0.2) is 9.55 Å². The van der Waals surface area contributed by atoms with Crippen LogP contribution in [-0.2, 0) is 6.54 Å². The summed E-state index contributed by atoms with van der Waals surface area (Å²) in [6.45, 7) is 2.16. The lowest BCUT2D eigenvalue weighted by molar-refractivity contribution is 0.311. The van der Waals surface area contributed by atoms with Crippen molar-refractivity contribution in [2.45, 2.75) is 45.6 Å². The first kappa shape index (κ1) is 12.4. The zero-order chi connectivity index (χ0) is 12.4. The second kappa shape index (κ2) is 5.08. The number of halogens is 1. The Morgan fingerprint density at radius 1 is 1.29 bits per heavy atom. The van der Waals surface area contributed by atoms with Gasteiger partial charge < -0.3 is 0 Å². The van der Waals surface area contributed by atoms with E-state index in [2.05, 4.69) is 4.98 Å². The summed E-state index contributed by atoms with van der Waals surface area (Å²) in [6.07, 6.45) is 5.87. The van der Waals surface area contributed by atoms with Crippen molar-refractivity contribution in [3.63, 3.8) is 0 Å². The summed E-state index contributed by atoms with van der Waals surface area (Å²) in [5, 5.41) is 0.153. The molecule has 4 nitrogen and oxygen atoms in total. The van der Waals surface area contributed by atoms with Crippen LogP contribution in [0, 0.1) is 12.8 Å². The SMILES string of the molecule is Cc1c(Cl)[nH]c(=O)n(CC2CCCCC2)c1=O. The zero-order valence-corrected chi connectivity index (χ0v) is 10.7. The van der Waals surface area contributed by atoms with Crippen molar-refractivity contribution in [3.05, 3.63) is 31.6 Å². The number of aromatic amines is 1. The Balaban J connectivity index is 2.29. The van der Waals surface area contributed by atoms with Gasteiger partial charge in [0.15, 0.2) is 0 Å². The lowest BCUT2D eigenvalue weighted by Crippen LogP contribution is -2.38. The maximum absolute atomic E-state index is 11.9. The number of aromatic nitrogens is 2. The number of rotatable bonds is 2. The molecule has 0 saturated heterocycles. The van der Waals surface area contributed by atoms with Gasteiger partial charge in [-0.15, -0.1) is 0 Å². The van der Waals surface area contributed by atoms with Gasteiger partial charge in [0.2, 0.25) is 0 Å². The third-order valence-electron chi connectivity index (χ3n) is 3.52. The maximum atomic E-state index is 11.9. The fourth-order valence-corrected chi connectivity index (χ4v) is 2.60. The lowest BCUT2D eigenvalue weighted by atomic mass is 9.89. The quantitative estimate of drug-likeness (QED) is 0.824. The van der Waals surface area contributed by atoms with Crippen molar-refractivity contribution in [3.8, 4) is 0 Å². The van der Waals surface area contributed by atoms with Crippen molar-refractivity contribution in [1.82, 2.24) is 9.55 Å². The van der Waals surface area contributed by atoms with Crippen LogP contribution in [0.2, 0.25) is 5.15 Å². The predicted molar refractivity (Wildman–Crippen MR) is 67.6 cm³/mol. The molecule has 2 rings (SSSR count). The normalized spacial score (nSPS) is 17.3. The molecule has 0 atom stereocenters. The Morgan fingerprint density at radius 2 is 1.94 bits per heavy atom. The van der Waals surface area contributed by atoms with Gasteiger partial charge in [-0.25, -0.2) is 4.79 Å². The van der Waals surface area contributed by atoms with E-state index < -0.39 is 5.69 Å². The Bertz CT molecular complexity index is 512. The lowest BCUT2D eigenvalue weighted by Gasteiger charge is -2.21. The molecular weight excluding hydrogens is 240 g/mol. The monoisotopic (exact) mass is 256 g/mol. The van der Waals surface area contributed by atoms with Crippen molar-refractivity contribution in [1.29, 1.82) is 0 Å². The molecule has 1 aromatic rings. The molecule has 17 heavy (non-hydrogen) atoms. The number of H-pyrrole nitrogens is 1. The molecule has 0 bridgehead atoms. The molecule has 0 unspecified atom stereocenters. The van der Waals surface area contributed by atoms with Crippen LogP contribution in [0.25, 0.3) is 0 Å². The first-order chi connectivity index (χ1) is 8.09. The van der Waals surface area contributed by atoms with Crippen LogP contribution < -0.4 is 11.2 Å². The topological polar surface area (TPSA) is 54.9 Å². The van der Waals surface area contributed by atoms with E-state index in [1.807, 2.05) is 0 Å². The van der Waals surface area contributed by atoms with Gasteiger partial charge in [-0.2, -0.15) is 0 Å². The first-order valence-electron chi connectivity index (χ1n) is 6.09. The first-order valence-corrected chi connectivity index (χ1v) is 6.46. The summed E-state index contributed by atoms with van der Waals surface area (Å²) < 4.78 is 1.29. The average Bonchev–Trinajstić information content (AvgIpc) is 2.33. The standard InChI is InChI=1S/C12H17ClN2O2/c1-8-10(13)14-12(17)15(11(8)16)7-9-5-3-2-4-6-9/h9H,2-7H2,1H3,(H,14,17). The molecule has 1 saturated carbocycles. The van der Waals surface area contributed by atoms with E-state index in [0.717, 1.165) is 12.8 Å². The van der Waals surface area contributed by atoms with Crippen molar-refractivity contribution in [2.75, 3.05) is 0 Å².